The van der Waals surface area contributed by atoms with E-state index < -0.39 is 0 Å². The first kappa shape index (κ1) is 13.1. The lowest BCUT2D eigenvalue weighted by Crippen LogP contribution is -2.22. The van der Waals surface area contributed by atoms with Gasteiger partial charge in [-0.05, 0) is 48.7 Å². The lowest BCUT2D eigenvalue weighted by molar-refractivity contribution is -0.124. The summed E-state index contributed by atoms with van der Waals surface area (Å²) < 4.78 is 5.33. The summed E-state index contributed by atoms with van der Waals surface area (Å²) in [5, 5.41) is 12.9. The monoisotopic (exact) mass is 260 g/mol. The summed E-state index contributed by atoms with van der Waals surface area (Å²) in [7, 11) is 0. The van der Waals surface area contributed by atoms with Gasteiger partial charge in [0, 0.05) is 6.42 Å². The summed E-state index contributed by atoms with van der Waals surface area (Å²) in [5.74, 6) is 0.792. The molecule has 0 saturated heterocycles. The summed E-state index contributed by atoms with van der Waals surface area (Å²) >= 11 is 0. The molecule has 0 spiro atoms. The third-order valence-electron chi connectivity index (χ3n) is 2.68. The highest BCUT2D eigenvalue weighted by Gasteiger charge is 2.07. The van der Waals surface area contributed by atoms with Crippen molar-refractivity contribution in [3.05, 3.63) is 41.7 Å². The Labute approximate surface area is 111 Å². The van der Waals surface area contributed by atoms with Crippen LogP contribution in [0.1, 0.15) is 24.8 Å². The second-order valence-electron chi connectivity index (χ2n) is 4.24. The van der Waals surface area contributed by atoms with Crippen molar-refractivity contribution in [1.82, 2.24) is 5.43 Å². The second-order valence-corrected chi connectivity index (χ2v) is 4.24. The van der Waals surface area contributed by atoms with E-state index in [1.807, 2.05) is 6.08 Å². The van der Waals surface area contributed by atoms with Gasteiger partial charge < -0.3 is 9.84 Å². The van der Waals surface area contributed by atoms with Crippen LogP contribution in [-0.4, -0.2) is 23.8 Å². The van der Waals surface area contributed by atoms with Crippen molar-refractivity contribution in [1.29, 1.82) is 0 Å². The summed E-state index contributed by atoms with van der Waals surface area (Å²) in [6.45, 7) is -0.0151. The van der Waals surface area contributed by atoms with Gasteiger partial charge in [-0.25, -0.2) is 5.43 Å². The number of carbonyl (C=O) groups is 1. The number of hydrazone groups is 1. The molecule has 0 atom stereocenters. The fourth-order valence-electron chi connectivity index (χ4n) is 1.70. The molecule has 1 amide bonds. The molecule has 0 heterocycles. The van der Waals surface area contributed by atoms with E-state index in [-0.39, 0.29) is 18.3 Å². The van der Waals surface area contributed by atoms with E-state index in [0.717, 1.165) is 30.6 Å². The average Bonchev–Trinajstić information content (AvgIpc) is 2.92. The Morgan fingerprint density at radius 1 is 1.42 bits per heavy atom. The molecule has 2 N–H and O–H groups in total. The molecule has 1 aliphatic rings. The molecule has 19 heavy (non-hydrogen) atoms. The van der Waals surface area contributed by atoms with Gasteiger partial charge in [0.05, 0.1) is 12.0 Å². The van der Waals surface area contributed by atoms with Gasteiger partial charge in [-0.3, -0.25) is 4.79 Å². The Hall–Kier alpha value is -2.30. The van der Waals surface area contributed by atoms with Crippen molar-refractivity contribution >= 4 is 12.1 Å². The molecule has 0 unspecified atom stereocenters. The summed E-state index contributed by atoms with van der Waals surface area (Å²) in [5.41, 5.74) is 3.17. The first-order chi connectivity index (χ1) is 9.24. The van der Waals surface area contributed by atoms with Crippen LogP contribution >= 0.6 is 0 Å². The summed E-state index contributed by atoms with van der Waals surface area (Å²) in [4.78, 5) is 11.4. The van der Waals surface area contributed by atoms with E-state index in [1.54, 1.807) is 24.3 Å². The van der Waals surface area contributed by atoms with Crippen molar-refractivity contribution in [3.8, 4) is 5.75 Å². The number of benzene rings is 1. The maximum absolute atomic E-state index is 11.4. The quantitative estimate of drug-likeness (QED) is 0.627. The normalized spacial score (nSPS) is 14.4. The highest BCUT2D eigenvalue weighted by molar-refractivity contribution is 5.82. The van der Waals surface area contributed by atoms with Gasteiger partial charge in [-0.1, -0.05) is 0 Å². The number of nitrogens with zero attached hydrogens (tertiary/aromatic N) is 1. The van der Waals surface area contributed by atoms with Crippen LogP contribution in [0.2, 0.25) is 0 Å². The smallest absolute Gasteiger partial charge is 0.277 e. The van der Waals surface area contributed by atoms with E-state index >= 15 is 0 Å². The zero-order valence-corrected chi connectivity index (χ0v) is 10.5. The van der Waals surface area contributed by atoms with Crippen molar-refractivity contribution in [2.45, 2.75) is 19.3 Å². The van der Waals surface area contributed by atoms with Gasteiger partial charge in [0.15, 0.2) is 6.61 Å². The molecular weight excluding hydrogens is 244 g/mol. The van der Waals surface area contributed by atoms with Gasteiger partial charge in [0.2, 0.25) is 0 Å². The molecule has 1 aliphatic carbocycles. The Morgan fingerprint density at radius 3 is 2.89 bits per heavy atom. The Kier molecular flexibility index (Phi) is 4.55. The van der Waals surface area contributed by atoms with Crippen LogP contribution in [0, 0.1) is 0 Å². The molecule has 0 fully saturated rings. The van der Waals surface area contributed by atoms with Gasteiger partial charge in [-0.2, -0.15) is 5.10 Å². The van der Waals surface area contributed by atoms with Gasteiger partial charge >= 0.3 is 0 Å². The Balaban J connectivity index is 1.72. The molecule has 5 nitrogen and oxygen atoms in total. The number of rotatable bonds is 5. The first-order valence-corrected chi connectivity index (χ1v) is 6.17. The number of amides is 1. The van der Waals surface area contributed by atoms with Crippen LogP contribution in [0.4, 0.5) is 0 Å². The van der Waals surface area contributed by atoms with E-state index in [9.17, 15) is 4.79 Å². The largest absolute Gasteiger partial charge is 0.508 e. The average molecular weight is 260 g/mol. The number of ether oxygens (including phenoxy) is 1. The number of phenolic OH excluding ortho intramolecular Hbond substituents is 1. The van der Waals surface area contributed by atoms with Gasteiger partial charge in [-0.15, -0.1) is 0 Å². The summed E-state index contributed by atoms with van der Waals surface area (Å²) in [6.07, 6.45) is 6.54. The predicted octanol–water partition coefficient (Wildman–Crippen LogP) is 1.93. The molecule has 0 aliphatic heterocycles. The number of phenols is 1. The molecule has 1 aromatic rings. The van der Waals surface area contributed by atoms with E-state index in [2.05, 4.69) is 10.5 Å². The maximum Gasteiger partial charge on any atom is 0.277 e. The van der Waals surface area contributed by atoms with Crippen molar-refractivity contribution in [2.24, 2.45) is 5.10 Å². The molecule has 0 radical (unpaired) electrons. The number of hydrogen-bond acceptors (Lipinski definition) is 4. The van der Waals surface area contributed by atoms with Crippen molar-refractivity contribution < 1.29 is 14.6 Å². The molecule has 0 bridgehead atoms. The molecule has 0 saturated carbocycles. The van der Waals surface area contributed by atoms with Gasteiger partial charge in [0.1, 0.15) is 5.75 Å². The number of carbonyl (C=O) groups excluding carboxylic acids is 1. The number of aromatic hydroxyl groups is 1. The minimum Gasteiger partial charge on any atom is -0.508 e. The topological polar surface area (TPSA) is 70.9 Å². The third-order valence-corrected chi connectivity index (χ3v) is 2.68. The fourth-order valence-corrected chi connectivity index (χ4v) is 1.70. The molecule has 2 rings (SSSR count). The molecule has 5 heteroatoms. The second kappa shape index (κ2) is 6.58. The number of hydrogen-bond donors (Lipinski definition) is 2. The molecule has 100 valence electrons. The lowest BCUT2D eigenvalue weighted by Gasteiger charge is -2.04. The van der Waals surface area contributed by atoms with E-state index in [0.29, 0.717) is 0 Å². The predicted molar refractivity (Wildman–Crippen MR) is 71.7 cm³/mol. The fraction of sp³-hybridized carbons (Fsp3) is 0.286. The molecule has 0 aromatic heterocycles. The zero-order chi connectivity index (χ0) is 13.5. The third kappa shape index (κ3) is 4.46. The number of allylic oxidation sites excluding steroid dienone is 2. The SMILES string of the molecule is O=C(COC1=CCCC1)NN=Cc1ccc(O)cc1. The van der Waals surface area contributed by atoms with Crippen LogP contribution < -0.4 is 5.43 Å². The highest BCUT2D eigenvalue weighted by atomic mass is 16.5. The standard InChI is InChI=1S/C14H16N2O3/c17-12-7-5-11(6-8-12)9-15-16-14(18)10-19-13-3-1-2-4-13/h3,5-9,17H,1-2,4,10H2,(H,16,18). The Bertz CT molecular complexity index is 492. The van der Waals surface area contributed by atoms with Crippen LogP contribution in [0.15, 0.2) is 41.2 Å². The van der Waals surface area contributed by atoms with Crippen LogP contribution in [0.3, 0.4) is 0 Å². The lowest BCUT2D eigenvalue weighted by atomic mass is 10.2. The zero-order valence-electron chi connectivity index (χ0n) is 10.5. The summed E-state index contributed by atoms with van der Waals surface area (Å²) in [6, 6.07) is 6.51. The van der Waals surface area contributed by atoms with Crippen molar-refractivity contribution in [2.75, 3.05) is 6.61 Å². The minimum atomic E-state index is -0.289. The molecule has 1 aromatic carbocycles. The van der Waals surface area contributed by atoms with E-state index in [4.69, 9.17) is 9.84 Å². The van der Waals surface area contributed by atoms with Crippen molar-refractivity contribution in [3.63, 3.8) is 0 Å². The van der Waals surface area contributed by atoms with Crippen LogP contribution in [-0.2, 0) is 9.53 Å². The minimum absolute atomic E-state index is 0.0151. The highest BCUT2D eigenvalue weighted by Crippen LogP contribution is 2.17. The molecular formula is C14H16N2O3. The number of nitrogens with one attached hydrogen (secondary N) is 1. The first-order valence-electron chi connectivity index (χ1n) is 6.17. The van der Waals surface area contributed by atoms with Gasteiger partial charge in [0.25, 0.3) is 5.91 Å². The Morgan fingerprint density at radius 2 is 2.21 bits per heavy atom. The van der Waals surface area contributed by atoms with Crippen LogP contribution in [0.25, 0.3) is 0 Å². The maximum atomic E-state index is 11.4. The van der Waals surface area contributed by atoms with E-state index in [1.165, 1.54) is 6.21 Å². The van der Waals surface area contributed by atoms with Crippen LogP contribution in [0.5, 0.6) is 5.75 Å².